The van der Waals surface area contributed by atoms with Crippen molar-refractivity contribution in [1.82, 2.24) is 9.78 Å². The minimum atomic E-state index is -0.512. The van der Waals surface area contributed by atoms with Crippen molar-refractivity contribution < 1.29 is 9.53 Å². The summed E-state index contributed by atoms with van der Waals surface area (Å²) in [5.41, 5.74) is 6.32. The van der Waals surface area contributed by atoms with Gasteiger partial charge in [0.15, 0.2) is 0 Å². The summed E-state index contributed by atoms with van der Waals surface area (Å²) in [6, 6.07) is 0.126. The zero-order chi connectivity index (χ0) is 15.6. The largest absolute Gasteiger partial charge is 0.468 e. The standard InChI is InChI=1S/C13H19BrN4O3/c1-8(15)9-3-4-17(6-9)10-5-16-18(7-11(19)21-2)13(20)12(10)14/h5,8-9H,3-4,6-7,15H2,1-2H3. The van der Waals surface area contributed by atoms with Crippen molar-refractivity contribution in [2.45, 2.75) is 25.9 Å². The second-order valence-electron chi connectivity index (χ2n) is 5.24. The van der Waals surface area contributed by atoms with Gasteiger partial charge in [-0.3, -0.25) is 9.59 Å². The molecule has 21 heavy (non-hydrogen) atoms. The summed E-state index contributed by atoms with van der Waals surface area (Å²) in [6.07, 6.45) is 2.59. The lowest BCUT2D eigenvalue weighted by atomic mass is 10.0. The third-order valence-corrected chi connectivity index (χ3v) is 4.53. The van der Waals surface area contributed by atoms with Crippen LogP contribution in [-0.2, 0) is 16.1 Å². The first-order valence-corrected chi connectivity index (χ1v) is 7.56. The van der Waals surface area contributed by atoms with E-state index in [4.69, 9.17) is 5.73 Å². The first kappa shape index (κ1) is 16.0. The van der Waals surface area contributed by atoms with E-state index in [1.54, 1.807) is 6.20 Å². The van der Waals surface area contributed by atoms with Crippen LogP contribution in [0.2, 0.25) is 0 Å². The van der Waals surface area contributed by atoms with Gasteiger partial charge >= 0.3 is 5.97 Å². The van der Waals surface area contributed by atoms with Gasteiger partial charge < -0.3 is 15.4 Å². The Bertz CT molecular complexity index is 587. The van der Waals surface area contributed by atoms with Crippen molar-refractivity contribution in [1.29, 1.82) is 0 Å². The Kier molecular flexibility index (Phi) is 5.00. The molecule has 2 rings (SSSR count). The van der Waals surface area contributed by atoms with E-state index < -0.39 is 5.97 Å². The van der Waals surface area contributed by atoms with Crippen molar-refractivity contribution in [3.63, 3.8) is 0 Å². The van der Waals surface area contributed by atoms with E-state index in [0.717, 1.165) is 29.9 Å². The molecule has 2 unspecified atom stereocenters. The fourth-order valence-electron chi connectivity index (χ4n) is 2.41. The third-order valence-electron chi connectivity index (χ3n) is 3.78. The highest BCUT2D eigenvalue weighted by Crippen LogP contribution is 2.28. The molecule has 0 radical (unpaired) electrons. The van der Waals surface area contributed by atoms with Crippen LogP contribution >= 0.6 is 15.9 Å². The van der Waals surface area contributed by atoms with Crippen molar-refractivity contribution in [3.05, 3.63) is 21.0 Å². The highest BCUT2D eigenvalue weighted by atomic mass is 79.9. The molecule has 8 heteroatoms. The van der Waals surface area contributed by atoms with Gasteiger partial charge in [-0.1, -0.05) is 0 Å². The van der Waals surface area contributed by atoms with Gasteiger partial charge in [0.25, 0.3) is 5.56 Å². The van der Waals surface area contributed by atoms with Crippen LogP contribution < -0.4 is 16.2 Å². The molecule has 1 aliphatic heterocycles. The van der Waals surface area contributed by atoms with Gasteiger partial charge in [0, 0.05) is 19.1 Å². The van der Waals surface area contributed by atoms with Gasteiger partial charge in [-0.2, -0.15) is 5.10 Å². The Hall–Kier alpha value is -1.41. The van der Waals surface area contributed by atoms with Crippen LogP contribution in [0.5, 0.6) is 0 Å². The molecule has 0 amide bonds. The first-order valence-electron chi connectivity index (χ1n) is 6.77. The van der Waals surface area contributed by atoms with Crippen LogP contribution in [0.15, 0.2) is 15.5 Å². The lowest BCUT2D eigenvalue weighted by Crippen LogP contribution is -2.32. The van der Waals surface area contributed by atoms with Gasteiger partial charge in [0.1, 0.15) is 11.0 Å². The quantitative estimate of drug-likeness (QED) is 0.781. The molecule has 0 aliphatic carbocycles. The number of halogens is 1. The number of ether oxygens (including phenoxy) is 1. The molecule has 116 valence electrons. The highest BCUT2D eigenvalue weighted by Gasteiger charge is 2.27. The second-order valence-corrected chi connectivity index (χ2v) is 6.03. The number of hydrogen-bond donors (Lipinski definition) is 1. The number of nitrogens with zero attached hydrogens (tertiary/aromatic N) is 3. The number of aromatic nitrogens is 2. The van der Waals surface area contributed by atoms with Gasteiger partial charge in [-0.15, -0.1) is 0 Å². The second kappa shape index (κ2) is 6.57. The van der Waals surface area contributed by atoms with E-state index in [2.05, 4.69) is 30.7 Å². The number of anilines is 1. The van der Waals surface area contributed by atoms with E-state index in [1.165, 1.54) is 7.11 Å². The lowest BCUT2D eigenvalue weighted by Gasteiger charge is -2.21. The number of rotatable bonds is 4. The SMILES string of the molecule is COC(=O)Cn1ncc(N2CCC(C(C)N)C2)c(Br)c1=O. The average Bonchev–Trinajstić information content (AvgIpc) is 2.93. The van der Waals surface area contributed by atoms with Crippen LogP contribution in [0.25, 0.3) is 0 Å². The molecule has 2 N–H and O–H groups in total. The Morgan fingerprint density at radius 1 is 1.67 bits per heavy atom. The number of carbonyl (C=O) groups excluding carboxylic acids is 1. The zero-order valence-electron chi connectivity index (χ0n) is 12.1. The fourth-order valence-corrected chi connectivity index (χ4v) is 2.97. The normalized spacial score (nSPS) is 19.6. The average molecular weight is 359 g/mol. The molecule has 1 fully saturated rings. The van der Waals surface area contributed by atoms with E-state index in [9.17, 15) is 9.59 Å². The number of esters is 1. The number of methoxy groups -OCH3 is 1. The third kappa shape index (κ3) is 3.44. The van der Waals surface area contributed by atoms with Crippen molar-refractivity contribution >= 4 is 27.6 Å². The maximum Gasteiger partial charge on any atom is 0.327 e. The summed E-state index contributed by atoms with van der Waals surface area (Å²) in [6.45, 7) is 3.44. The first-order chi connectivity index (χ1) is 9.93. The predicted octanol–water partition coefficient (Wildman–Crippen LogP) is 0.352. The molecule has 2 heterocycles. The van der Waals surface area contributed by atoms with E-state index in [1.807, 2.05) is 6.92 Å². The number of nitrogens with two attached hydrogens (primary N) is 1. The van der Waals surface area contributed by atoms with Gasteiger partial charge in [-0.25, -0.2) is 4.68 Å². The van der Waals surface area contributed by atoms with Gasteiger partial charge in [0.05, 0.1) is 19.0 Å². The molecule has 1 saturated heterocycles. The molecule has 0 saturated carbocycles. The Labute approximate surface area is 131 Å². The van der Waals surface area contributed by atoms with Crippen molar-refractivity contribution in [2.75, 3.05) is 25.1 Å². The van der Waals surface area contributed by atoms with Crippen LogP contribution in [0.4, 0.5) is 5.69 Å². The van der Waals surface area contributed by atoms with Gasteiger partial charge in [-0.05, 0) is 35.2 Å². The molecule has 2 atom stereocenters. The molecular weight excluding hydrogens is 340 g/mol. The summed E-state index contributed by atoms with van der Waals surface area (Å²) in [4.78, 5) is 25.5. The molecule has 0 aromatic carbocycles. The van der Waals surface area contributed by atoms with Crippen LogP contribution in [-0.4, -0.2) is 42.0 Å². The fraction of sp³-hybridized carbons (Fsp3) is 0.615. The van der Waals surface area contributed by atoms with Crippen LogP contribution in [0.3, 0.4) is 0 Å². The summed E-state index contributed by atoms with van der Waals surface area (Å²) in [5.74, 6) is -0.100. The highest BCUT2D eigenvalue weighted by molar-refractivity contribution is 9.10. The lowest BCUT2D eigenvalue weighted by molar-refractivity contribution is -0.141. The van der Waals surface area contributed by atoms with E-state index in [-0.39, 0.29) is 18.1 Å². The van der Waals surface area contributed by atoms with Crippen LogP contribution in [0.1, 0.15) is 13.3 Å². The maximum atomic E-state index is 12.2. The topological polar surface area (TPSA) is 90.5 Å². The van der Waals surface area contributed by atoms with Crippen molar-refractivity contribution in [2.24, 2.45) is 11.7 Å². The maximum absolute atomic E-state index is 12.2. The van der Waals surface area contributed by atoms with E-state index in [0.29, 0.717) is 10.4 Å². The minimum absolute atomic E-state index is 0.126. The van der Waals surface area contributed by atoms with Crippen LogP contribution in [0, 0.1) is 5.92 Å². The molecule has 1 aromatic rings. The number of hydrogen-bond acceptors (Lipinski definition) is 6. The molecule has 0 bridgehead atoms. The Balaban J connectivity index is 2.22. The summed E-state index contributed by atoms with van der Waals surface area (Å²) >= 11 is 3.31. The minimum Gasteiger partial charge on any atom is -0.468 e. The summed E-state index contributed by atoms with van der Waals surface area (Å²) in [5, 5.41) is 4.04. The monoisotopic (exact) mass is 358 g/mol. The molecule has 1 aliphatic rings. The number of carbonyl (C=O) groups is 1. The summed E-state index contributed by atoms with van der Waals surface area (Å²) < 4.78 is 6.03. The molecule has 7 nitrogen and oxygen atoms in total. The molecule has 1 aromatic heterocycles. The molecular formula is C13H19BrN4O3. The summed E-state index contributed by atoms with van der Waals surface area (Å²) in [7, 11) is 1.27. The van der Waals surface area contributed by atoms with E-state index >= 15 is 0 Å². The van der Waals surface area contributed by atoms with Gasteiger partial charge in [0.2, 0.25) is 0 Å². The predicted molar refractivity (Wildman–Crippen MR) is 82.2 cm³/mol. The van der Waals surface area contributed by atoms with Crippen molar-refractivity contribution in [3.8, 4) is 0 Å². The zero-order valence-corrected chi connectivity index (χ0v) is 13.7. The molecule has 0 spiro atoms. The Morgan fingerprint density at radius 3 is 2.95 bits per heavy atom. The Morgan fingerprint density at radius 2 is 2.38 bits per heavy atom. The smallest absolute Gasteiger partial charge is 0.327 e.